The van der Waals surface area contributed by atoms with Gasteiger partial charge in [0.05, 0.1) is 6.42 Å². The molecule has 0 spiro atoms. The molecule has 1 rings (SSSR count). The van der Waals surface area contributed by atoms with Crippen molar-refractivity contribution in [1.82, 2.24) is 0 Å². The lowest BCUT2D eigenvalue weighted by atomic mass is 10.1. The number of amidine groups is 1. The molecule has 0 aliphatic rings. The van der Waals surface area contributed by atoms with E-state index in [9.17, 15) is 4.79 Å². The molecule has 0 fully saturated rings. The Labute approximate surface area is 89.0 Å². The molecule has 0 saturated heterocycles. The molecule has 15 heavy (non-hydrogen) atoms. The van der Waals surface area contributed by atoms with Crippen LogP contribution in [0.4, 0.5) is 5.69 Å². The van der Waals surface area contributed by atoms with Gasteiger partial charge in [0.1, 0.15) is 5.84 Å². The van der Waals surface area contributed by atoms with Crippen molar-refractivity contribution in [3.63, 3.8) is 0 Å². The van der Waals surface area contributed by atoms with Crippen LogP contribution in [0, 0.1) is 19.3 Å². The summed E-state index contributed by atoms with van der Waals surface area (Å²) in [4.78, 5) is 11.3. The summed E-state index contributed by atoms with van der Waals surface area (Å²) in [5.74, 6) is -0.383. The first-order chi connectivity index (χ1) is 6.99. The van der Waals surface area contributed by atoms with Crippen LogP contribution in [0.3, 0.4) is 0 Å². The van der Waals surface area contributed by atoms with Crippen molar-refractivity contribution >= 4 is 17.4 Å². The van der Waals surface area contributed by atoms with E-state index in [2.05, 4.69) is 5.32 Å². The van der Waals surface area contributed by atoms with Gasteiger partial charge in [-0.2, -0.15) is 0 Å². The van der Waals surface area contributed by atoms with Gasteiger partial charge in [0.15, 0.2) is 0 Å². The molecular weight excluding hydrogens is 190 g/mol. The Bertz CT molecular complexity index is 399. The van der Waals surface area contributed by atoms with Crippen LogP contribution in [0.15, 0.2) is 18.2 Å². The lowest BCUT2D eigenvalue weighted by Crippen LogP contribution is -2.21. The summed E-state index contributed by atoms with van der Waals surface area (Å²) in [6.45, 7) is 3.92. The van der Waals surface area contributed by atoms with E-state index < -0.39 is 0 Å². The second-order valence-electron chi connectivity index (χ2n) is 3.57. The molecule has 80 valence electrons. The first kappa shape index (κ1) is 11.2. The zero-order chi connectivity index (χ0) is 11.4. The van der Waals surface area contributed by atoms with Crippen molar-refractivity contribution in [3.8, 4) is 0 Å². The Morgan fingerprint density at radius 1 is 1.47 bits per heavy atom. The van der Waals surface area contributed by atoms with Crippen LogP contribution in [0.25, 0.3) is 0 Å². The summed E-state index contributed by atoms with van der Waals surface area (Å²) in [5.41, 5.74) is 8.06. The number of rotatable bonds is 3. The van der Waals surface area contributed by atoms with Gasteiger partial charge < -0.3 is 11.1 Å². The monoisotopic (exact) mass is 205 g/mol. The maximum Gasteiger partial charge on any atom is 0.231 e. The SMILES string of the molecule is Cc1ccc(NC(=O)CC(=N)N)c(C)c1. The molecule has 0 bridgehead atoms. The van der Waals surface area contributed by atoms with Gasteiger partial charge in [-0.3, -0.25) is 10.2 Å². The number of carbonyl (C=O) groups is 1. The molecule has 1 aromatic rings. The number of amides is 1. The third-order valence-corrected chi connectivity index (χ3v) is 2.01. The van der Waals surface area contributed by atoms with E-state index in [1.54, 1.807) is 0 Å². The van der Waals surface area contributed by atoms with E-state index in [-0.39, 0.29) is 18.2 Å². The number of nitrogens with two attached hydrogens (primary N) is 1. The second-order valence-corrected chi connectivity index (χ2v) is 3.57. The fourth-order valence-electron chi connectivity index (χ4n) is 1.32. The van der Waals surface area contributed by atoms with Gasteiger partial charge in [-0.1, -0.05) is 17.7 Å². The molecule has 0 aromatic heterocycles. The van der Waals surface area contributed by atoms with Crippen LogP contribution in [0.1, 0.15) is 17.5 Å². The average molecular weight is 205 g/mol. The maximum atomic E-state index is 11.3. The molecule has 0 heterocycles. The minimum absolute atomic E-state index is 0.0622. The summed E-state index contributed by atoms with van der Waals surface area (Å²) in [6, 6.07) is 5.77. The normalized spacial score (nSPS) is 9.73. The summed E-state index contributed by atoms with van der Waals surface area (Å²) in [5, 5.41) is 9.70. The maximum absolute atomic E-state index is 11.3. The molecule has 0 radical (unpaired) electrons. The molecule has 4 nitrogen and oxygen atoms in total. The van der Waals surface area contributed by atoms with Gasteiger partial charge in [-0.05, 0) is 25.5 Å². The van der Waals surface area contributed by atoms with Crippen LogP contribution in [0.5, 0.6) is 0 Å². The summed E-state index contributed by atoms with van der Waals surface area (Å²) in [7, 11) is 0. The lowest BCUT2D eigenvalue weighted by Gasteiger charge is -2.08. The molecule has 1 aromatic carbocycles. The van der Waals surface area contributed by atoms with Crippen LogP contribution in [-0.4, -0.2) is 11.7 Å². The number of hydrogen-bond donors (Lipinski definition) is 3. The van der Waals surface area contributed by atoms with Crippen molar-refractivity contribution in [2.75, 3.05) is 5.32 Å². The molecule has 1 amide bonds. The first-order valence-electron chi connectivity index (χ1n) is 4.69. The van der Waals surface area contributed by atoms with Crippen molar-refractivity contribution in [2.45, 2.75) is 20.3 Å². The number of anilines is 1. The Kier molecular flexibility index (Phi) is 3.44. The highest BCUT2D eigenvalue weighted by atomic mass is 16.1. The van der Waals surface area contributed by atoms with Gasteiger partial charge in [0.2, 0.25) is 5.91 Å². The van der Waals surface area contributed by atoms with Gasteiger partial charge in [0, 0.05) is 5.69 Å². The molecular formula is C11H15N3O. The molecule has 0 saturated carbocycles. The van der Waals surface area contributed by atoms with E-state index in [1.807, 2.05) is 32.0 Å². The highest BCUT2D eigenvalue weighted by molar-refractivity contribution is 6.04. The summed E-state index contributed by atoms with van der Waals surface area (Å²) < 4.78 is 0. The third kappa shape index (κ3) is 3.42. The molecule has 0 aliphatic carbocycles. The number of hydrogen-bond acceptors (Lipinski definition) is 2. The van der Waals surface area contributed by atoms with Crippen molar-refractivity contribution in [3.05, 3.63) is 29.3 Å². The predicted octanol–water partition coefficient (Wildman–Crippen LogP) is 1.57. The smallest absolute Gasteiger partial charge is 0.231 e. The number of carbonyl (C=O) groups excluding carboxylic acids is 1. The predicted molar refractivity (Wildman–Crippen MR) is 61.1 cm³/mol. The van der Waals surface area contributed by atoms with Crippen molar-refractivity contribution < 1.29 is 4.79 Å². The number of aryl methyl sites for hydroxylation is 2. The topological polar surface area (TPSA) is 79.0 Å². The number of benzene rings is 1. The molecule has 0 unspecified atom stereocenters. The van der Waals surface area contributed by atoms with E-state index in [1.165, 1.54) is 0 Å². The van der Waals surface area contributed by atoms with Gasteiger partial charge in [-0.25, -0.2) is 0 Å². The molecule has 4 N–H and O–H groups in total. The first-order valence-corrected chi connectivity index (χ1v) is 4.69. The fraction of sp³-hybridized carbons (Fsp3) is 0.273. The standard InChI is InChI=1S/C11H15N3O/c1-7-3-4-9(8(2)5-7)14-11(15)6-10(12)13/h3-5H,6H2,1-2H3,(H3,12,13)(H,14,15). The van der Waals surface area contributed by atoms with Gasteiger partial charge >= 0.3 is 0 Å². The van der Waals surface area contributed by atoms with E-state index in [0.29, 0.717) is 0 Å². The minimum Gasteiger partial charge on any atom is -0.387 e. The van der Waals surface area contributed by atoms with Crippen LogP contribution in [0.2, 0.25) is 0 Å². The van der Waals surface area contributed by atoms with E-state index in [0.717, 1.165) is 16.8 Å². The highest BCUT2D eigenvalue weighted by Crippen LogP contribution is 2.15. The van der Waals surface area contributed by atoms with E-state index in [4.69, 9.17) is 11.1 Å². The largest absolute Gasteiger partial charge is 0.387 e. The zero-order valence-electron chi connectivity index (χ0n) is 8.92. The Morgan fingerprint density at radius 2 is 2.13 bits per heavy atom. The fourth-order valence-corrected chi connectivity index (χ4v) is 1.32. The zero-order valence-corrected chi connectivity index (χ0v) is 8.92. The lowest BCUT2D eigenvalue weighted by molar-refractivity contribution is -0.115. The Morgan fingerprint density at radius 3 is 2.67 bits per heavy atom. The molecule has 4 heteroatoms. The average Bonchev–Trinajstić information content (AvgIpc) is 2.08. The van der Waals surface area contributed by atoms with Gasteiger partial charge in [-0.15, -0.1) is 0 Å². The van der Waals surface area contributed by atoms with E-state index >= 15 is 0 Å². The molecule has 0 aliphatic heterocycles. The third-order valence-electron chi connectivity index (χ3n) is 2.01. The Hall–Kier alpha value is -1.84. The number of nitrogens with one attached hydrogen (secondary N) is 2. The second kappa shape index (κ2) is 4.59. The van der Waals surface area contributed by atoms with Crippen LogP contribution < -0.4 is 11.1 Å². The van der Waals surface area contributed by atoms with Crippen molar-refractivity contribution in [1.29, 1.82) is 5.41 Å². The van der Waals surface area contributed by atoms with Gasteiger partial charge in [0.25, 0.3) is 0 Å². The Balaban J connectivity index is 2.72. The summed E-state index contributed by atoms with van der Waals surface area (Å²) >= 11 is 0. The van der Waals surface area contributed by atoms with Crippen LogP contribution >= 0.6 is 0 Å². The quantitative estimate of drug-likeness (QED) is 0.517. The molecule has 0 atom stereocenters. The van der Waals surface area contributed by atoms with Crippen molar-refractivity contribution in [2.24, 2.45) is 5.73 Å². The minimum atomic E-state index is -0.255. The van der Waals surface area contributed by atoms with Crippen LogP contribution in [-0.2, 0) is 4.79 Å². The summed E-state index contributed by atoms with van der Waals surface area (Å²) in [6.07, 6.45) is -0.0622. The highest BCUT2D eigenvalue weighted by Gasteiger charge is 2.05.